The Kier molecular flexibility index (Phi) is 4.26. The van der Waals surface area contributed by atoms with Crippen molar-refractivity contribution >= 4 is 16.8 Å². The first-order valence-corrected chi connectivity index (χ1v) is 9.91. The molecule has 1 aliphatic carbocycles. The van der Waals surface area contributed by atoms with Crippen molar-refractivity contribution in [1.82, 2.24) is 0 Å². The van der Waals surface area contributed by atoms with Crippen LogP contribution in [0.25, 0.3) is 16.8 Å². The lowest BCUT2D eigenvalue weighted by molar-refractivity contribution is 0.395. The number of hydrogen-bond donors (Lipinski definition) is 1. The Hall–Kier alpha value is -4.03. The van der Waals surface area contributed by atoms with Crippen molar-refractivity contribution in [3.63, 3.8) is 0 Å². The number of nitrogens with zero attached hydrogens (tertiary/aromatic N) is 1. The molecule has 0 bridgehead atoms. The van der Waals surface area contributed by atoms with Crippen LogP contribution >= 0.6 is 0 Å². The Morgan fingerprint density at radius 1 is 1.00 bits per heavy atom. The zero-order valence-electron chi connectivity index (χ0n) is 16.6. The average Bonchev–Trinajstić information content (AvgIpc) is 3.22. The van der Waals surface area contributed by atoms with E-state index in [1.807, 2.05) is 24.3 Å². The van der Waals surface area contributed by atoms with Gasteiger partial charge in [-0.15, -0.1) is 0 Å². The van der Waals surface area contributed by atoms with Gasteiger partial charge in [0, 0.05) is 5.56 Å². The van der Waals surface area contributed by atoms with Crippen LogP contribution in [0.4, 0.5) is 0 Å². The van der Waals surface area contributed by atoms with Crippen LogP contribution in [-0.4, -0.2) is 0 Å². The van der Waals surface area contributed by atoms with Crippen molar-refractivity contribution in [2.75, 3.05) is 0 Å². The molecule has 30 heavy (non-hydrogen) atoms. The molecule has 1 unspecified atom stereocenters. The summed E-state index contributed by atoms with van der Waals surface area (Å²) in [4.78, 5) is 0. The molecular weight excluding hydrogens is 368 g/mol. The van der Waals surface area contributed by atoms with Crippen molar-refractivity contribution in [2.45, 2.75) is 12.8 Å². The molecule has 1 atom stereocenters. The molecule has 1 heterocycles. The third-order valence-electron chi connectivity index (χ3n) is 5.66. The Balaban J connectivity index is 1.65. The summed E-state index contributed by atoms with van der Waals surface area (Å²) >= 11 is 0. The van der Waals surface area contributed by atoms with Crippen molar-refractivity contribution in [1.29, 1.82) is 5.26 Å². The SMILES string of the molecule is Cc1ccc(/C=C2\C=CC(C3C(C#N)=C(N)Oc4ccc5ccccc5c43)=C2)cc1. The Labute approximate surface area is 175 Å². The van der Waals surface area contributed by atoms with E-state index in [-0.39, 0.29) is 11.8 Å². The summed E-state index contributed by atoms with van der Waals surface area (Å²) < 4.78 is 5.84. The largest absolute Gasteiger partial charge is 0.440 e. The molecule has 0 radical (unpaired) electrons. The van der Waals surface area contributed by atoms with Gasteiger partial charge in [-0.05, 0) is 46.5 Å². The summed E-state index contributed by atoms with van der Waals surface area (Å²) in [5, 5.41) is 12.1. The van der Waals surface area contributed by atoms with Crippen LogP contribution in [0.5, 0.6) is 5.75 Å². The monoisotopic (exact) mass is 388 g/mol. The minimum Gasteiger partial charge on any atom is -0.440 e. The van der Waals surface area contributed by atoms with Gasteiger partial charge in [0.2, 0.25) is 5.88 Å². The molecule has 0 saturated carbocycles. The van der Waals surface area contributed by atoms with Crippen LogP contribution in [0.15, 0.2) is 101 Å². The maximum Gasteiger partial charge on any atom is 0.205 e. The fourth-order valence-electron chi connectivity index (χ4n) is 4.18. The van der Waals surface area contributed by atoms with E-state index >= 15 is 0 Å². The van der Waals surface area contributed by atoms with Crippen molar-refractivity contribution < 1.29 is 4.74 Å². The average molecular weight is 388 g/mol. The maximum absolute atomic E-state index is 9.88. The summed E-state index contributed by atoms with van der Waals surface area (Å²) in [6.45, 7) is 2.08. The minimum atomic E-state index is -0.259. The topological polar surface area (TPSA) is 59.0 Å². The molecule has 0 aromatic heterocycles. The fourth-order valence-corrected chi connectivity index (χ4v) is 4.18. The van der Waals surface area contributed by atoms with Gasteiger partial charge in [0.25, 0.3) is 0 Å². The summed E-state index contributed by atoms with van der Waals surface area (Å²) in [5.41, 5.74) is 12.1. The number of nitriles is 1. The number of hydrogen-bond acceptors (Lipinski definition) is 3. The van der Waals surface area contributed by atoms with Gasteiger partial charge >= 0.3 is 0 Å². The molecule has 0 fully saturated rings. The molecule has 5 rings (SSSR count). The molecule has 3 heteroatoms. The van der Waals surface area contributed by atoms with E-state index in [9.17, 15) is 5.26 Å². The summed E-state index contributed by atoms with van der Waals surface area (Å²) in [6, 6.07) is 22.9. The van der Waals surface area contributed by atoms with E-state index in [1.54, 1.807) is 0 Å². The van der Waals surface area contributed by atoms with Crippen LogP contribution in [-0.2, 0) is 0 Å². The van der Waals surface area contributed by atoms with Crippen molar-refractivity contribution in [3.05, 3.63) is 118 Å². The number of fused-ring (bicyclic) bond motifs is 3. The fraction of sp³-hybridized carbons (Fsp3) is 0.0741. The van der Waals surface area contributed by atoms with Gasteiger partial charge in [-0.3, -0.25) is 0 Å². The Morgan fingerprint density at radius 3 is 2.60 bits per heavy atom. The predicted molar refractivity (Wildman–Crippen MR) is 121 cm³/mol. The first-order valence-electron chi connectivity index (χ1n) is 9.91. The molecule has 144 valence electrons. The van der Waals surface area contributed by atoms with Crippen LogP contribution in [0.3, 0.4) is 0 Å². The zero-order valence-corrected chi connectivity index (χ0v) is 16.6. The van der Waals surface area contributed by atoms with E-state index in [4.69, 9.17) is 10.5 Å². The zero-order chi connectivity index (χ0) is 20.7. The number of allylic oxidation sites excluding steroid dienone is 6. The first kappa shape index (κ1) is 18.0. The second kappa shape index (κ2) is 7.09. The van der Waals surface area contributed by atoms with Gasteiger partial charge in [-0.25, -0.2) is 0 Å². The van der Waals surface area contributed by atoms with Crippen molar-refractivity contribution in [2.24, 2.45) is 5.73 Å². The summed E-state index contributed by atoms with van der Waals surface area (Å²) in [6.07, 6.45) is 8.43. The molecular formula is C27H20N2O. The van der Waals surface area contributed by atoms with Crippen LogP contribution < -0.4 is 10.5 Å². The Bertz CT molecular complexity index is 1330. The number of rotatable bonds is 2. The van der Waals surface area contributed by atoms with Gasteiger partial charge in [-0.1, -0.05) is 78.4 Å². The van der Waals surface area contributed by atoms with E-state index in [0.717, 1.165) is 33.0 Å². The lowest BCUT2D eigenvalue weighted by atomic mass is 9.81. The Morgan fingerprint density at radius 2 is 1.80 bits per heavy atom. The van der Waals surface area contributed by atoms with Gasteiger partial charge in [0.15, 0.2) is 0 Å². The molecule has 0 spiro atoms. The molecule has 2 N–H and O–H groups in total. The van der Waals surface area contributed by atoms with Gasteiger partial charge in [0.05, 0.1) is 5.92 Å². The number of ether oxygens (including phenoxy) is 1. The smallest absolute Gasteiger partial charge is 0.205 e. The van der Waals surface area contributed by atoms with Gasteiger partial charge < -0.3 is 10.5 Å². The van der Waals surface area contributed by atoms with Crippen LogP contribution in [0, 0.1) is 18.3 Å². The number of aryl methyl sites for hydroxylation is 1. The highest BCUT2D eigenvalue weighted by molar-refractivity contribution is 5.90. The van der Waals surface area contributed by atoms with E-state index < -0.39 is 0 Å². The van der Waals surface area contributed by atoms with Gasteiger partial charge in [-0.2, -0.15) is 5.26 Å². The molecule has 0 saturated heterocycles. The lowest BCUT2D eigenvalue weighted by Gasteiger charge is -2.27. The quantitative estimate of drug-likeness (QED) is 0.595. The second-order valence-corrected chi connectivity index (χ2v) is 7.66. The molecule has 3 aromatic carbocycles. The molecule has 3 nitrogen and oxygen atoms in total. The highest BCUT2D eigenvalue weighted by Gasteiger charge is 2.33. The van der Waals surface area contributed by atoms with Crippen molar-refractivity contribution in [3.8, 4) is 11.8 Å². The normalized spacial score (nSPS) is 18.9. The maximum atomic E-state index is 9.88. The van der Waals surface area contributed by atoms with E-state index in [0.29, 0.717) is 11.3 Å². The molecule has 1 aliphatic heterocycles. The van der Waals surface area contributed by atoms with E-state index in [1.165, 1.54) is 5.56 Å². The number of benzene rings is 3. The lowest BCUT2D eigenvalue weighted by Crippen LogP contribution is -2.21. The first-order chi connectivity index (χ1) is 14.6. The molecule has 3 aromatic rings. The third kappa shape index (κ3) is 3.00. The standard InChI is InChI=1S/C27H20N2O/c1-17-6-8-18(9-7-17)14-19-10-11-21(15-19)25-23(16-28)27(29)30-24-13-12-20-4-2-3-5-22(20)26(24)25/h2-15,25H,29H2,1H3/b19-14+. The highest BCUT2D eigenvalue weighted by Crippen LogP contribution is 2.47. The highest BCUT2D eigenvalue weighted by atomic mass is 16.5. The number of nitrogens with two attached hydrogens (primary N) is 1. The van der Waals surface area contributed by atoms with E-state index in [2.05, 4.69) is 73.7 Å². The van der Waals surface area contributed by atoms with Gasteiger partial charge in [0.1, 0.15) is 17.4 Å². The van der Waals surface area contributed by atoms with Crippen LogP contribution in [0.1, 0.15) is 22.6 Å². The van der Waals surface area contributed by atoms with Crippen LogP contribution in [0.2, 0.25) is 0 Å². The second-order valence-electron chi connectivity index (χ2n) is 7.66. The predicted octanol–water partition coefficient (Wildman–Crippen LogP) is 5.90. The summed E-state index contributed by atoms with van der Waals surface area (Å²) in [5.74, 6) is 0.626. The third-order valence-corrected chi connectivity index (χ3v) is 5.66. The minimum absolute atomic E-state index is 0.176. The molecule has 2 aliphatic rings. The summed E-state index contributed by atoms with van der Waals surface area (Å²) in [7, 11) is 0. The molecule has 0 amide bonds.